The Morgan fingerprint density at radius 3 is 2.29 bits per heavy atom. The lowest BCUT2D eigenvalue weighted by Crippen LogP contribution is -2.38. The van der Waals surface area contributed by atoms with E-state index in [0.29, 0.717) is 19.6 Å². The molecule has 1 aromatic rings. The topological polar surface area (TPSA) is 148 Å². The molecule has 2 rings (SSSR count). The molecule has 1 aromatic carbocycles. The molecule has 0 amide bonds. The maximum Gasteiger partial charge on any atom is 0.414 e. The van der Waals surface area contributed by atoms with Gasteiger partial charge >= 0.3 is 11.9 Å². The third-order valence-electron chi connectivity index (χ3n) is 4.29. The summed E-state index contributed by atoms with van der Waals surface area (Å²) in [7, 11) is 0. The van der Waals surface area contributed by atoms with E-state index in [4.69, 9.17) is 34.8 Å². The Morgan fingerprint density at radius 1 is 1.11 bits per heavy atom. The molecule has 5 N–H and O–H groups in total. The summed E-state index contributed by atoms with van der Waals surface area (Å²) in [6.45, 7) is 1.60. The van der Waals surface area contributed by atoms with E-state index in [1.54, 1.807) is 0 Å². The lowest BCUT2D eigenvalue weighted by Gasteiger charge is -2.28. The normalized spacial score (nSPS) is 16.6. The van der Waals surface area contributed by atoms with E-state index in [0.717, 1.165) is 19.3 Å². The van der Waals surface area contributed by atoms with Gasteiger partial charge in [0.05, 0.1) is 32.0 Å². The van der Waals surface area contributed by atoms with Gasteiger partial charge in [0.2, 0.25) is 0 Å². The van der Waals surface area contributed by atoms with Crippen LogP contribution < -0.4 is 0 Å². The van der Waals surface area contributed by atoms with Gasteiger partial charge in [-0.1, -0.05) is 24.3 Å². The lowest BCUT2D eigenvalue weighted by molar-refractivity contribution is -0.159. The molecular weight excluding hydrogens is 370 g/mol. The van der Waals surface area contributed by atoms with Crippen molar-refractivity contribution in [1.29, 1.82) is 0 Å². The average molecular weight is 399 g/mol. The molecule has 158 valence electrons. The van der Waals surface area contributed by atoms with E-state index in [1.165, 1.54) is 11.1 Å². The number of aliphatic hydroxyl groups excluding tert-OH is 3. The number of aryl methyl sites for hydroxylation is 1. The fourth-order valence-electron chi connectivity index (χ4n) is 3.04. The zero-order valence-electron chi connectivity index (χ0n) is 15.7. The number of hydrogen-bond donors (Lipinski definition) is 5. The van der Waals surface area contributed by atoms with Crippen molar-refractivity contribution >= 4 is 11.9 Å². The van der Waals surface area contributed by atoms with Crippen LogP contribution in [0.15, 0.2) is 24.3 Å². The monoisotopic (exact) mass is 399 g/mol. The number of benzene rings is 1. The molecule has 2 atom stereocenters. The van der Waals surface area contributed by atoms with Crippen LogP contribution in [0.4, 0.5) is 0 Å². The van der Waals surface area contributed by atoms with Crippen molar-refractivity contribution < 1.29 is 39.9 Å². The summed E-state index contributed by atoms with van der Waals surface area (Å²) in [5.41, 5.74) is 2.58. The summed E-state index contributed by atoms with van der Waals surface area (Å²) in [6, 6.07) is 8.33. The van der Waals surface area contributed by atoms with Gasteiger partial charge < -0.3 is 30.3 Å². The number of carboxylic acid groups (broad SMARTS) is 2. The number of carbonyl (C=O) groups is 2. The summed E-state index contributed by atoms with van der Waals surface area (Å²) >= 11 is 0. The molecule has 0 spiro atoms. The number of hydrogen-bond acceptors (Lipinski definition) is 7. The highest BCUT2D eigenvalue weighted by Gasteiger charge is 2.21. The van der Waals surface area contributed by atoms with Crippen LogP contribution in [-0.4, -0.2) is 87.9 Å². The Labute approximate surface area is 163 Å². The maximum absolute atomic E-state index is 10.1. The molecule has 1 aliphatic carbocycles. The van der Waals surface area contributed by atoms with Gasteiger partial charge in [0, 0.05) is 19.6 Å². The van der Waals surface area contributed by atoms with E-state index in [2.05, 4.69) is 18.2 Å². The Hall–Kier alpha value is -2.04. The van der Waals surface area contributed by atoms with E-state index in [-0.39, 0.29) is 25.9 Å². The van der Waals surface area contributed by atoms with E-state index in [1.807, 2.05) is 11.0 Å². The van der Waals surface area contributed by atoms with Crippen LogP contribution in [-0.2, 0) is 20.7 Å². The molecule has 1 aliphatic rings. The number of carboxylic acids is 2. The second kappa shape index (κ2) is 13.2. The van der Waals surface area contributed by atoms with Gasteiger partial charge in [0.15, 0.2) is 0 Å². The molecule has 0 saturated carbocycles. The van der Waals surface area contributed by atoms with Crippen molar-refractivity contribution in [1.82, 2.24) is 4.90 Å². The molecule has 0 aliphatic heterocycles. The maximum atomic E-state index is 10.1. The number of nitrogens with zero attached hydrogens (tertiary/aromatic N) is 1. The van der Waals surface area contributed by atoms with Gasteiger partial charge in [-0.05, 0) is 30.4 Å². The summed E-state index contributed by atoms with van der Waals surface area (Å²) in [6.07, 6.45) is 2.63. The lowest BCUT2D eigenvalue weighted by atomic mass is 9.89. The Balaban J connectivity index is 0.000000568. The van der Waals surface area contributed by atoms with Gasteiger partial charge in [-0.2, -0.15) is 0 Å². The minimum Gasteiger partial charge on any atom is -0.473 e. The highest BCUT2D eigenvalue weighted by molar-refractivity contribution is 6.27. The fraction of sp³-hybridized carbons (Fsp3) is 0.579. The second-order valence-corrected chi connectivity index (χ2v) is 6.42. The molecule has 0 saturated heterocycles. The number of rotatable bonds is 9. The van der Waals surface area contributed by atoms with Crippen LogP contribution in [0.25, 0.3) is 0 Å². The smallest absolute Gasteiger partial charge is 0.414 e. The molecule has 9 heteroatoms. The first kappa shape index (κ1) is 24.0. The van der Waals surface area contributed by atoms with Crippen molar-refractivity contribution in [3.63, 3.8) is 0 Å². The Bertz CT molecular complexity index is 591. The van der Waals surface area contributed by atoms with Crippen molar-refractivity contribution in [3.05, 3.63) is 35.4 Å². The highest BCUT2D eigenvalue weighted by Crippen LogP contribution is 2.32. The minimum atomic E-state index is -1.82. The molecule has 2 unspecified atom stereocenters. The van der Waals surface area contributed by atoms with Crippen molar-refractivity contribution in [2.75, 3.05) is 39.5 Å². The second-order valence-electron chi connectivity index (χ2n) is 6.42. The van der Waals surface area contributed by atoms with Crippen LogP contribution in [0, 0.1) is 0 Å². The zero-order valence-corrected chi connectivity index (χ0v) is 15.7. The van der Waals surface area contributed by atoms with Gasteiger partial charge in [0.1, 0.15) is 0 Å². The highest BCUT2D eigenvalue weighted by atomic mass is 16.5. The molecule has 0 bridgehead atoms. The summed E-state index contributed by atoms with van der Waals surface area (Å²) in [4.78, 5) is 20.0. The third-order valence-corrected chi connectivity index (χ3v) is 4.29. The standard InChI is InChI=1S/C17H27NO4.C2H2O4/c19-10-8-18(9-11-20)12-15(21)13-22-17-7-3-5-14-4-1-2-6-16(14)17;3-1(4)2(5)6/h1-2,4,6,15,17,19-21H,3,5,7-13H2;(H,3,4)(H,5,6). The van der Waals surface area contributed by atoms with Gasteiger partial charge in [0.25, 0.3) is 0 Å². The predicted octanol–water partition coefficient (Wildman–Crippen LogP) is -0.116. The van der Waals surface area contributed by atoms with Crippen LogP contribution in [0.1, 0.15) is 30.1 Å². The first-order valence-corrected chi connectivity index (χ1v) is 9.16. The summed E-state index contributed by atoms with van der Waals surface area (Å²) in [5, 5.41) is 42.9. The minimum absolute atomic E-state index is 0.0174. The SMILES string of the molecule is O=C(O)C(=O)O.OCCN(CCO)CC(O)COC1CCCc2ccccc21. The number of aliphatic carboxylic acids is 2. The Morgan fingerprint density at radius 2 is 1.71 bits per heavy atom. The van der Waals surface area contributed by atoms with Crippen LogP contribution in [0.2, 0.25) is 0 Å². The zero-order chi connectivity index (χ0) is 20.9. The van der Waals surface area contributed by atoms with Crippen molar-refractivity contribution in [2.24, 2.45) is 0 Å². The average Bonchev–Trinajstić information content (AvgIpc) is 2.67. The molecule has 0 fully saturated rings. The number of fused-ring (bicyclic) bond motifs is 1. The Kier molecular flexibility index (Phi) is 11.3. The van der Waals surface area contributed by atoms with E-state index in [9.17, 15) is 5.11 Å². The number of ether oxygens (including phenoxy) is 1. The fourth-order valence-corrected chi connectivity index (χ4v) is 3.04. The van der Waals surface area contributed by atoms with Crippen molar-refractivity contribution in [3.8, 4) is 0 Å². The van der Waals surface area contributed by atoms with Crippen molar-refractivity contribution in [2.45, 2.75) is 31.5 Å². The van der Waals surface area contributed by atoms with Crippen LogP contribution in [0.5, 0.6) is 0 Å². The van der Waals surface area contributed by atoms with E-state index < -0.39 is 18.0 Å². The van der Waals surface area contributed by atoms with E-state index >= 15 is 0 Å². The van der Waals surface area contributed by atoms with Crippen LogP contribution >= 0.6 is 0 Å². The van der Waals surface area contributed by atoms with Gasteiger partial charge in [-0.15, -0.1) is 0 Å². The molecule has 0 aromatic heterocycles. The number of aliphatic hydroxyl groups is 3. The summed E-state index contributed by atoms with van der Waals surface area (Å²) in [5.74, 6) is -3.65. The third kappa shape index (κ3) is 8.77. The predicted molar refractivity (Wildman–Crippen MR) is 100.0 cm³/mol. The molecule has 28 heavy (non-hydrogen) atoms. The largest absolute Gasteiger partial charge is 0.473 e. The first-order chi connectivity index (χ1) is 13.4. The molecule has 9 nitrogen and oxygen atoms in total. The quantitative estimate of drug-likeness (QED) is 0.359. The first-order valence-electron chi connectivity index (χ1n) is 9.16. The molecular formula is C19H29NO8. The van der Waals surface area contributed by atoms with Crippen LogP contribution in [0.3, 0.4) is 0 Å². The van der Waals surface area contributed by atoms with Gasteiger partial charge in [-0.3, -0.25) is 4.90 Å². The summed E-state index contributed by atoms with van der Waals surface area (Å²) < 4.78 is 5.93. The van der Waals surface area contributed by atoms with Gasteiger partial charge in [-0.25, -0.2) is 9.59 Å². The molecule has 0 radical (unpaired) electrons. The molecule has 0 heterocycles.